The summed E-state index contributed by atoms with van der Waals surface area (Å²) in [7, 11) is 0. The lowest BCUT2D eigenvalue weighted by Crippen LogP contribution is -2.24. The van der Waals surface area contributed by atoms with Gasteiger partial charge in [-0.05, 0) is 43.3 Å². The molecule has 0 radical (unpaired) electrons. The van der Waals surface area contributed by atoms with Crippen LogP contribution in [0.5, 0.6) is 5.75 Å². The maximum Gasteiger partial charge on any atom is 0.422 e. The molecular weight excluding hydrogens is 411 g/mol. The fourth-order valence-electron chi connectivity index (χ4n) is 2.31. The molecular formula is C19H19ClF3N3O3. The van der Waals surface area contributed by atoms with Crippen molar-refractivity contribution in [2.75, 3.05) is 30.3 Å². The van der Waals surface area contributed by atoms with Gasteiger partial charge in [-0.3, -0.25) is 9.59 Å². The lowest BCUT2D eigenvalue weighted by Gasteiger charge is -2.15. The molecule has 0 aliphatic rings. The SMILES string of the molecule is CCNC(=O)c1cccc(NC(=O)CNc2cc(Cl)ccc2OCC(F)(F)F)c1. The van der Waals surface area contributed by atoms with Gasteiger partial charge in [0.25, 0.3) is 5.91 Å². The molecule has 2 rings (SSSR count). The molecule has 0 saturated carbocycles. The van der Waals surface area contributed by atoms with E-state index in [-0.39, 0.29) is 28.9 Å². The largest absolute Gasteiger partial charge is 0.482 e. The number of carbonyl (C=O) groups is 2. The van der Waals surface area contributed by atoms with E-state index in [2.05, 4.69) is 16.0 Å². The summed E-state index contributed by atoms with van der Waals surface area (Å²) in [5, 5.41) is 8.22. The first-order chi connectivity index (χ1) is 13.7. The first-order valence-corrected chi connectivity index (χ1v) is 8.97. The molecule has 0 fully saturated rings. The number of rotatable bonds is 8. The minimum absolute atomic E-state index is 0.0854. The average molecular weight is 430 g/mol. The quantitative estimate of drug-likeness (QED) is 0.590. The van der Waals surface area contributed by atoms with Crippen LogP contribution in [0.15, 0.2) is 42.5 Å². The molecule has 3 N–H and O–H groups in total. The number of amides is 2. The van der Waals surface area contributed by atoms with Crippen molar-refractivity contribution in [2.24, 2.45) is 0 Å². The fraction of sp³-hybridized carbons (Fsp3) is 0.263. The Bertz CT molecular complexity index is 875. The van der Waals surface area contributed by atoms with Crippen LogP contribution in [0.1, 0.15) is 17.3 Å². The maximum absolute atomic E-state index is 12.4. The third kappa shape index (κ3) is 7.53. The highest BCUT2D eigenvalue weighted by molar-refractivity contribution is 6.31. The smallest absolute Gasteiger partial charge is 0.422 e. The molecule has 0 spiro atoms. The first kappa shape index (κ1) is 22.4. The van der Waals surface area contributed by atoms with E-state index >= 15 is 0 Å². The second kappa shape index (κ2) is 10.0. The summed E-state index contributed by atoms with van der Waals surface area (Å²) in [6.45, 7) is 0.533. The van der Waals surface area contributed by atoms with Gasteiger partial charge in [0.15, 0.2) is 6.61 Å². The molecule has 156 valence electrons. The topological polar surface area (TPSA) is 79.5 Å². The molecule has 0 unspecified atom stereocenters. The van der Waals surface area contributed by atoms with Gasteiger partial charge >= 0.3 is 6.18 Å². The third-order valence-corrected chi connectivity index (χ3v) is 3.75. The van der Waals surface area contributed by atoms with Gasteiger partial charge in [-0.1, -0.05) is 17.7 Å². The molecule has 0 aromatic heterocycles. The van der Waals surface area contributed by atoms with E-state index in [9.17, 15) is 22.8 Å². The Labute approximate surface area is 170 Å². The minimum Gasteiger partial charge on any atom is -0.482 e. The van der Waals surface area contributed by atoms with Crippen LogP contribution in [0.3, 0.4) is 0 Å². The molecule has 6 nitrogen and oxygen atoms in total. The van der Waals surface area contributed by atoms with Crippen molar-refractivity contribution < 1.29 is 27.5 Å². The molecule has 0 aliphatic carbocycles. The lowest BCUT2D eigenvalue weighted by atomic mass is 10.2. The molecule has 2 amide bonds. The summed E-state index contributed by atoms with van der Waals surface area (Å²) in [4.78, 5) is 24.0. The van der Waals surface area contributed by atoms with Crippen LogP contribution in [0.2, 0.25) is 5.02 Å². The van der Waals surface area contributed by atoms with Crippen LogP contribution >= 0.6 is 11.6 Å². The van der Waals surface area contributed by atoms with E-state index in [0.717, 1.165) is 0 Å². The molecule has 10 heteroatoms. The molecule has 0 atom stereocenters. The monoisotopic (exact) mass is 429 g/mol. The van der Waals surface area contributed by atoms with E-state index < -0.39 is 18.7 Å². The Kier molecular flexibility index (Phi) is 7.72. The summed E-state index contributed by atoms with van der Waals surface area (Å²) in [5.41, 5.74) is 0.934. The van der Waals surface area contributed by atoms with Crippen LogP contribution in [-0.4, -0.2) is 37.7 Å². The van der Waals surface area contributed by atoms with Gasteiger partial charge in [0.2, 0.25) is 5.91 Å². The van der Waals surface area contributed by atoms with Crippen molar-refractivity contribution in [1.29, 1.82) is 0 Å². The van der Waals surface area contributed by atoms with Crippen molar-refractivity contribution >= 4 is 34.8 Å². The van der Waals surface area contributed by atoms with Crippen LogP contribution in [0.25, 0.3) is 0 Å². The van der Waals surface area contributed by atoms with Crippen molar-refractivity contribution in [3.8, 4) is 5.75 Å². The number of halogens is 4. The van der Waals surface area contributed by atoms with E-state index in [4.69, 9.17) is 16.3 Å². The van der Waals surface area contributed by atoms with Gasteiger partial charge in [-0.2, -0.15) is 13.2 Å². The van der Waals surface area contributed by atoms with Crippen molar-refractivity contribution in [3.05, 3.63) is 53.1 Å². The molecule has 0 aliphatic heterocycles. The predicted octanol–water partition coefficient (Wildman–Crippen LogP) is 4.08. The van der Waals surface area contributed by atoms with Gasteiger partial charge < -0.3 is 20.7 Å². The van der Waals surface area contributed by atoms with E-state index in [1.165, 1.54) is 24.3 Å². The zero-order valence-corrected chi connectivity index (χ0v) is 16.2. The zero-order chi connectivity index (χ0) is 21.4. The normalized spacial score (nSPS) is 10.9. The van der Waals surface area contributed by atoms with Gasteiger partial charge in [0.05, 0.1) is 12.2 Å². The number of carbonyl (C=O) groups excluding carboxylic acids is 2. The summed E-state index contributed by atoms with van der Waals surface area (Å²) < 4.78 is 41.9. The number of anilines is 2. The highest BCUT2D eigenvalue weighted by Crippen LogP contribution is 2.29. The van der Waals surface area contributed by atoms with Crippen molar-refractivity contribution in [1.82, 2.24) is 5.32 Å². The Hall–Kier alpha value is -2.94. The van der Waals surface area contributed by atoms with E-state index in [1.54, 1.807) is 25.1 Å². The Morgan fingerprint density at radius 3 is 2.59 bits per heavy atom. The second-order valence-electron chi connectivity index (χ2n) is 5.89. The predicted molar refractivity (Wildman–Crippen MR) is 105 cm³/mol. The molecule has 0 heterocycles. The average Bonchev–Trinajstić information content (AvgIpc) is 2.65. The zero-order valence-electron chi connectivity index (χ0n) is 15.4. The maximum atomic E-state index is 12.4. The lowest BCUT2D eigenvalue weighted by molar-refractivity contribution is -0.153. The number of hydrogen-bond acceptors (Lipinski definition) is 4. The van der Waals surface area contributed by atoms with Crippen molar-refractivity contribution in [3.63, 3.8) is 0 Å². The summed E-state index contributed by atoms with van der Waals surface area (Å²) in [6, 6.07) is 10.4. The number of benzene rings is 2. The van der Waals surface area contributed by atoms with Crippen LogP contribution in [0, 0.1) is 0 Å². The van der Waals surface area contributed by atoms with Crippen LogP contribution in [-0.2, 0) is 4.79 Å². The third-order valence-electron chi connectivity index (χ3n) is 3.52. The van der Waals surface area contributed by atoms with Gasteiger partial charge in [0, 0.05) is 22.8 Å². The molecule has 2 aromatic carbocycles. The summed E-state index contributed by atoms with van der Waals surface area (Å²) >= 11 is 5.87. The van der Waals surface area contributed by atoms with Crippen molar-refractivity contribution in [2.45, 2.75) is 13.1 Å². The highest BCUT2D eigenvalue weighted by Gasteiger charge is 2.28. The summed E-state index contributed by atoms with van der Waals surface area (Å²) in [5.74, 6) is -0.829. The number of hydrogen-bond donors (Lipinski definition) is 3. The number of nitrogens with one attached hydrogen (secondary N) is 3. The van der Waals surface area contributed by atoms with Gasteiger partial charge in [-0.25, -0.2) is 0 Å². The van der Waals surface area contributed by atoms with Gasteiger partial charge in [-0.15, -0.1) is 0 Å². The van der Waals surface area contributed by atoms with E-state index in [0.29, 0.717) is 17.8 Å². The Morgan fingerprint density at radius 1 is 1.14 bits per heavy atom. The standard InChI is InChI=1S/C19H19ClF3N3O3/c1-2-24-18(28)12-4-3-5-14(8-12)26-17(27)10-25-15-9-13(20)6-7-16(15)29-11-19(21,22)23/h3-9,25H,2,10-11H2,1H3,(H,24,28)(H,26,27). The molecule has 0 bridgehead atoms. The van der Waals surface area contributed by atoms with Crippen LogP contribution in [0.4, 0.5) is 24.5 Å². The van der Waals surface area contributed by atoms with E-state index in [1.807, 2.05) is 0 Å². The minimum atomic E-state index is -4.50. The summed E-state index contributed by atoms with van der Waals surface area (Å²) in [6.07, 6.45) is -4.50. The molecule has 2 aromatic rings. The molecule has 0 saturated heterocycles. The highest BCUT2D eigenvalue weighted by atomic mass is 35.5. The van der Waals surface area contributed by atoms with Gasteiger partial charge in [0.1, 0.15) is 5.75 Å². The van der Waals surface area contributed by atoms with Crippen LogP contribution < -0.4 is 20.7 Å². The second-order valence-corrected chi connectivity index (χ2v) is 6.32. The first-order valence-electron chi connectivity index (χ1n) is 8.59. The Balaban J connectivity index is 2.00. The Morgan fingerprint density at radius 2 is 1.90 bits per heavy atom. The number of alkyl halides is 3. The fourth-order valence-corrected chi connectivity index (χ4v) is 2.48. The number of ether oxygens (including phenoxy) is 1. The molecule has 29 heavy (non-hydrogen) atoms.